The lowest BCUT2D eigenvalue weighted by Gasteiger charge is -2.26. The van der Waals surface area contributed by atoms with Gasteiger partial charge in [-0.1, -0.05) is 6.92 Å². The first kappa shape index (κ1) is 11.4. The van der Waals surface area contributed by atoms with Gasteiger partial charge in [-0.15, -0.1) is 0 Å². The summed E-state index contributed by atoms with van der Waals surface area (Å²) >= 11 is 0. The number of hydrogen-bond donors (Lipinski definition) is 0. The van der Waals surface area contributed by atoms with Gasteiger partial charge in [0.1, 0.15) is 6.10 Å². The molecule has 2 saturated carbocycles. The van der Waals surface area contributed by atoms with E-state index in [4.69, 9.17) is 9.47 Å². The van der Waals surface area contributed by atoms with Crippen LogP contribution in [0.1, 0.15) is 32.6 Å². The summed E-state index contributed by atoms with van der Waals surface area (Å²) < 4.78 is 10.2. The molecule has 4 heteroatoms. The van der Waals surface area contributed by atoms with Crippen LogP contribution in [-0.2, 0) is 19.1 Å². The third kappa shape index (κ3) is 2.20. The van der Waals surface area contributed by atoms with Gasteiger partial charge in [-0.3, -0.25) is 9.59 Å². The molecule has 4 nitrogen and oxygen atoms in total. The highest BCUT2D eigenvalue weighted by Crippen LogP contribution is 2.49. The summed E-state index contributed by atoms with van der Waals surface area (Å²) in [6, 6.07) is 0. The number of carbonyl (C=O) groups is 2. The molecule has 0 aromatic carbocycles. The monoisotopic (exact) mass is 226 g/mol. The SMILES string of the molecule is CCC(=O)OCC1CC2CC1CC2OC=O. The van der Waals surface area contributed by atoms with Crippen molar-refractivity contribution < 1.29 is 19.1 Å². The third-order valence-corrected chi connectivity index (χ3v) is 3.92. The minimum Gasteiger partial charge on any atom is -0.465 e. The fraction of sp³-hybridized carbons (Fsp3) is 0.833. The van der Waals surface area contributed by atoms with Crippen LogP contribution in [0.25, 0.3) is 0 Å². The maximum Gasteiger partial charge on any atom is 0.305 e. The van der Waals surface area contributed by atoms with Gasteiger partial charge >= 0.3 is 5.97 Å². The molecule has 90 valence electrons. The first-order valence-corrected chi connectivity index (χ1v) is 5.99. The van der Waals surface area contributed by atoms with Gasteiger partial charge < -0.3 is 9.47 Å². The zero-order valence-electron chi connectivity index (χ0n) is 9.56. The van der Waals surface area contributed by atoms with Gasteiger partial charge in [-0.05, 0) is 37.0 Å². The molecule has 0 heterocycles. The smallest absolute Gasteiger partial charge is 0.305 e. The molecule has 0 amide bonds. The highest BCUT2D eigenvalue weighted by Gasteiger charge is 2.47. The van der Waals surface area contributed by atoms with E-state index in [-0.39, 0.29) is 12.1 Å². The number of esters is 1. The first-order chi connectivity index (χ1) is 7.74. The molecule has 2 fully saturated rings. The van der Waals surface area contributed by atoms with Gasteiger partial charge in [0.25, 0.3) is 6.47 Å². The second-order valence-corrected chi connectivity index (χ2v) is 4.79. The Bertz CT molecular complexity index is 276. The summed E-state index contributed by atoms with van der Waals surface area (Å²) in [5.74, 6) is 1.41. The molecule has 0 N–H and O–H groups in total. The van der Waals surface area contributed by atoms with Crippen molar-refractivity contribution in [1.82, 2.24) is 0 Å². The number of rotatable bonds is 5. The second kappa shape index (κ2) is 4.85. The molecule has 2 rings (SSSR count). The predicted octanol–water partition coefficient (Wildman–Crippen LogP) is 1.53. The summed E-state index contributed by atoms with van der Waals surface area (Å²) in [6.45, 7) is 2.90. The third-order valence-electron chi connectivity index (χ3n) is 3.92. The highest BCUT2D eigenvalue weighted by molar-refractivity contribution is 5.68. The van der Waals surface area contributed by atoms with Crippen molar-refractivity contribution >= 4 is 12.4 Å². The van der Waals surface area contributed by atoms with Crippen molar-refractivity contribution in [3.8, 4) is 0 Å². The van der Waals surface area contributed by atoms with Gasteiger partial charge in [0.2, 0.25) is 0 Å². The Morgan fingerprint density at radius 1 is 1.31 bits per heavy atom. The highest BCUT2D eigenvalue weighted by atomic mass is 16.5. The van der Waals surface area contributed by atoms with Gasteiger partial charge in [0.05, 0.1) is 6.61 Å². The molecule has 4 unspecified atom stereocenters. The van der Waals surface area contributed by atoms with E-state index in [1.807, 2.05) is 0 Å². The summed E-state index contributed by atoms with van der Waals surface area (Å²) in [6.07, 6.45) is 3.64. The maximum absolute atomic E-state index is 11.0. The van der Waals surface area contributed by atoms with Crippen LogP contribution >= 0.6 is 0 Å². The van der Waals surface area contributed by atoms with E-state index in [0.29, 0.717) is 37.3 Å². The number of carbonyl (C=O) groups excluding carboxylic acids is 2. The Morgan fingerprint density at radius 2 is 2.12 bits per heavy atom. The standard InChI is InChI=1S/C12H18O4/c1-2-12(14)15-6-10-4-9-3-8(10)5-11(9)16-7-13/h7-11H,2-6H2,1H3. The molecule has 16 heavy (non-hydrogen) atoms. The Morgan fingerprint density at radius 3 is 2.69 bits per heavy atom. The Balaban J connectivity index is 1.77. The molecule has 0 aromatic rings. The van der Waals surface area contributed by atoms with Crippen LogP contribution in [0.4, 0.5) is 0 Å². The van der Waals surface area contributed by atoms with E-state index < -0.39 is 0 Å². The molecule has 4 atom stereocenters. The minimum atomic E-state index is -0.122. The molecular weight excluding hydrogens is 208 g/mol. The lowest BCUT2D eigenvalue weighted by molar-refractivity contribution is -0.145. The van der Waals surface area contributed by atoms with Crippen LogP contribution in [-0.4, -0.2) is 25.2 Å². The maximum atomic E-state index is 11.0. The average Bonchev–Trinajstić information content (AvgIpc) is 2.85. The van der Waals surface area contributed by atoms with Crippen molar-refractivity contribution in [2.45, 2.75) is 38.7 Å². The molecule has 2 aliphatic rings. The van der Waals surface area contributed by atoms with Gasteiger partial charge in [-0.25, -0.2) is 0 Å². The van der Waals surface area contributed by atoms with Gasteiger partial charge in [0, 0.05) is 6.42 Å². The Labute approximate surface area is 95.3 Å². The molecule has 0 spiro atoms. The number of hydrogen-bond acceptors (Lipinski definition) is 4. The fourth-order valence-corrected chi connectivity index (χ4v) is 3.09. The molecule has 0 aliphatic heterocycles. The van der Waals surface area contributed by atoms with E-state index in [1.165, 1.54) is 0 Å². The van der Waals surface area contributed by atoms with E-state index in [9.17, 15) is 9.59 Å². The fourth-order valence-electron chi connectivity index (χ4n) is 3.09. The Hall–Kier alpha value is -1.06. The lowest BCUT2D eigenvalue weighted by atomic mass is 9.88. The average molecular weight is 226 g/mol. The molecule has 0 aromatic heterocycles. The van der Waals surface area contributed by atoms with E-state index in [2.05, 4.69) is 0 Å². The van der Waals surface area contributed by atoms with Crippen LogP contribution in [0, 0.1) is 17.8 Å². The van der Waals surface area contributed by atoms with Crippen molar-refractivity contribution in [2.24, 2.45) is 17.8 Å². The van der Waals surface area contributed by atoms with Crippen molar-refractivity contribution in [3.05, 3.63) is 0 Å². The largest absolute Gasteiger partial charge is 0.465 e. The van der Waals surface area contributed by atoms with Crippen LogP contribution < -0.4 is 0 Å². The molecule has 0 saturated heterocycles. The molecule has 2 bridgehead atoms. The van der Waals surface area contributed by atoms with E-state index in [0.717, 1.165) is 19.3 Å². The van der Waals surface area contributed by atoms with E-state index >= 15 is 0 Å². The summed E-state index contributed by atoms with van der Waals surface area (Å²) in [5.41, 5.74) is 0. The normalized spacial score (nSPS) is 36.1. The molecular formula is C12H18O4. The van der Waals surface area contributed by atoms with Crippen molar-refractivity contribution in [3.63, 3.8) is 0 Å². The van der Waals surface area contributed by atoms with Crippen LogP contribution in [0.15, 0.2) is 0 Å². The summed E-state index contributed by atoms with van der Waals surface area (Å²) in [4.78, 5) is 21.3. The van der Waals surface area contributed by atoms with Gasteiger partial charge in [-0.2, -0.15) is 0 Å². The first-order valence-electron chi connectivity index (χ1n) is 5.99. The topological polar surface area (TPSA) is 52.6 Å². The number of fused-ring (bicyclic) bond motifs is 2. The molecule has 2 aliphatic carbocycles. The van der Waals surface area contributed by atoms with Crippen molar-refractivity contribution in [2.75, 3.05) is 6.61 Å². The van der Waals surface area contributed by atoms with Crippen LogP contribution in [0.3, 0.4) is 0 Å². The quantitative estimate of drug-likeness (QED) is 0.527. The van der Waals surface area contributed by atoms with Crippen LogP contribution in [0.2, 0.25) is 0 Å². The number of ether oxygens (including phenoxy) is 2. The van der Waals surface area contributed by atoms with E-state index in [1.54, 1.807) is 6.92 Å². The summed E-state index contributed by atoms with van der Waals surface area (Å²) in [7, 11) is 0. The zero-order valence-corrected chi connectivity index (χ0v) is 9.56. The second-order valence-electron chi connectivity index (χ2n) is 4.79. The predicted molar refractivity (Wildman–Crippen MR) is 56.5 cm³/mol. The van der Waals surface area contributed by atoms with Gasteiger partial charge in [0.15, 0.2) is 0 Å². The zero-order chi connectivity index (χ0) is 11.5. The summed E-state index contributed by atoms with van der Waals surface area (Å²) in [5, 5.41) is 0. The minimum absolute atomic E-state index is 0.112. The Kier molecular flexibility index (Phi) is 3.46. The van der Waals surface area contributed by atoms with Crippen LogP contribution in [0.5, 0.6) is 0 Å². The van der Waals surface area contributed by atoms with Crippen molar-refractivity contribution in [1.29, 1.82) is 0 Å². The molecule has 0 radical (unpaired) electrons. The lowest BCUT2D eigenvalue weighted by Crippen LogP contribution is -2.27.